The summed E-state index contributed by atoms with van der Waals surface area (Å²) in [4.78, 5) is 0. The van der Waals surface area contributed by atoms with Crippen LogP contribution < -0.4 is 5.73 Å². The minimum Gasteiger partial charge on any atom is -0.330 e. The number of rotatable bonds is 2. The highest BCUT2D eigenvalue weighted by Crippen LogP contribution is 2.21. The van der Waals surface area contributed by atoms with Crippen LogP contribution in [0.1, 0.15) is 25.0 Å². The van der Waals surface area contributed by atoms with Crippen molar-refractivity contribution in [2.45, 2.75) is 26.2 Å². The molecule has 0 aliphatic rings. The highest BCUT2D eigenvalue weighted by Gasteiger charge is 2.17. The second kappa shape index (κ2) is 4.64. The van der Waals surface area contributed by atoms with Gasteiger partial charge in [0.1, 0.15) is 0 Å². The van der Waals surface area contributed by atoms with Gasteiger partial charge in [-0.1, -0.05) is 43.7 Å². The van der Waals surface area contributed by atoms with Crippen molar-refractivity contribution in [1.29, 1.82) is 0 Å². The van der Waals surface area contributed by atoms with E-state index >= 15 is 0 Å². The second-order valence-electron chi connectivity index (χ2n) is 3.95. The van der Waals surface area contributed by atoms with Gasteiger partial charge in [0.05, 0.1) is 0 Å². The Morgan fingerprint density at radius 2 is 1.62 bits per heavy atom. The van der Waals surface area contributed by atoms with Gasteiger partial charge in [0.2, 0.25) is 0 Å². The lowest BCUT2D eigenvalue weighted by atomic mass is 9.84. The monoisotopic (exact) mass is 199 g/mol. The molecule has 1 rings (SSSR count). The van der Waals surface area contributed by atoms with Gasteiger partial charge in [-0.15, -0.1) is 12.4 Å². The van der Waals surface area contributed by atoms with Crippen LogP contribution in [0, 0.1) is 6.92 Å². The fraction of sp³-hybridized carbons (Fsp3) is 0.455. The molecule has 0 fully saturated rings. The predicted octanol–water partition coefficient (Wildman–Crippen LogP) is 2.65. The summed E-state index contributed by atoms with van der Waals surface area (Å²) >= 11 is 0. The van der Waals surface area contributed by atoms with Crippen LogP contribution in [0.25, 0.3) is 0 Å². The Morgan fingerprint density at radius 1 is 1.15 bits per heavy atom. The van der Waals surface area contributed by atoms with E-state index in [1.54, 1.807) is 0 Å². The van der Waals surface area contributed by atoms with Gasteiger partial charge in [0.25, 0.3) is 0 Å². The van der Waals surface area contributed by atoms with E-state index in [0.29, 0.717) is 6.54 Å². The van der Waals surface area contributed by atoms with Crippen LogP contribution in [-0.2, 0) is 5.41 Å². The van der Waals surface area contributed by atoms with Crippen LogP contribution in [0.5, 0.6) is 0 Å². The third-order valence-corrected chi connectivity index (χ3v) is 2.34. The van der Waals surface area contributed by atoms with E-state index in [2.05, 4.69) is 45.0 Å². The van der Waals surface area contributed by atoms with Crippen LogP contribution in [0.15, 0.2) is 24.3 Å². The Labute approximate surface area is 86.7 Å². The summed E-state index contributed by atoms with van der Waals surface area (Å²) in [6.07, 6.45) is 0. The summed E-state index contributed by atoms with van der Waals surface area (Å²) in [5, 5.41) is 0. The van der Waals surface area contributed by atoms with Gasteiger partial charge in [-0.25, -0.2) is 0 Å². The van der Waals surface area contributed by atoms with Crippen molar-refractivity contribution in [3.05, 3.63) is 35.4 Å². The first-order valence-electron chi connectivity index (χ1n) is 4.33. The molecule has 0 bridgehead atoms. The summed E-state index contributed by atoms with van der Waals surface area (Å²) in [5.74, 6) is 0. The fourth-order valence-electron chi connectivity index (χ4n) is 1.12. The van der Waals surface area contributed by atoms with Crippen molar-refractivity contribution in [1.82, 2.24) is 0 Å². The number of hydrogen-bond acceptors (Lipinski definition) is 1. The minimum atomic E-state index is 0. The van der Waals surface area contributed by atoms with Crippen molar-refractivity contribution in [3.8, 4) is 0 Å². The van der Waals surface area contributed by atoms with E-state index in [9.17, 15) is 0 Å². The van der Waals surface area contributed by atoms with Crippen LogP contribution in [0.4, 0.5) is 0 Å². The largest absolute Gasteiger partial charge is 0.330 e. The molecule has 0 spiro atoms. The predicted molar refractivity (Wildman–Crippen MR) is 60.5 cm³/mol. The SMILES string of the molecule is Cc1ccc(C(C)(C)CN)cc1.Cl. The first-order chi connectivity index (χ1) is 5.56. The van der Waals surface area contributed by atoms with E-state index in [-0.39, 0.29) is 17.8 Å². The minimum absolute atomic E-state index is 0. The van der Waals surface area contributed by atoms with Gasteiger partial charge in [-0.05, 0) is 12.5 Å². The molecule has 13 heavy (non-hydrogen) atoms. The molecule has 2 heteroatoms. The van der Waals surface area contributed by atoms with Crippen LogP contribution in [0.2, 0.25) is 0 Å². The summed E-state index contributed by atoms with van der Waals surface area (Å²) in [6, 6.07) is 8.57. The lowest BCUT2D eigenvalue weighted by Crippen LogP contribution is -2.27. The average molecular weight is 200 g/mol. The molecule has 0 aliphatic heterocycles. The molecule has 1 aromatic rings. The molecule has 0 saturated carbocycles. The van der Waals surface area contributed by atoms with Crippen LogP contribution in [-0.4, -0.2) is 6.54 Å². The first-order valence-corrected chi connectivity index (χ1v) is 4.33. The van der Waals surface area contributed by atoms with Crippen LogP contribution in [0.3, 0.4) is 0 Å². The van der Waals surface area contributed by atoms with Gasteiger partial charge in [0, 0.05) is 12.0 Å². The molecule has 2 N–H and O–H groups in total. The van der Waals surface area contributed by atoms with Crippen molar-refractivity contribution in [2.24, 2.45) is 5.73 Å². The standard InChI is InChI=1S/C11H17N.ClH/c1-9-4-6-10(7-5-9)11(2,3)8-12;/h4-7H,8,12H2,1-3H3;1H. The number of benzene rings is 1. The number of aryl methyl sites for hydroxylation is 1. The third-order valence-electron chi connectivity index (χ3n) is 2.34. The zero-order valence-electron chi connectivity index (χ0n) is 8.50. The molecule has 0 aliphatic carbocycles. The molecule has 0 atom stereocenters. The normalized spacial score (nSPS) is 10.8. The van der Waals surface area contributed by atoms with Gasteiger partial charge >= 0.3 is 0 Å². The zero-order valence-corrected chi connectivity index (χ0v) is 9.32. The maximum absolute atomic E-state index is 5.68. The molecular weight excluding hydrogens is 182 g/mol. The first kappa shape index (κ1) is 12.5. The Hall–Kier alpha value is -0.530. The smallest absolute Gasteiger partial charge is 0.00190 e. The molecule has 0 heterocycles. The highest BCUT2D eigenvalue weighted by molar-refractivity contribution is 5.85. The van der Waals surface area contributed by atoms with Gasteiger partial charge in [-0.3, -0.25) is 0 Å². The average Bonchev–Trinajstić information content (AvgIpc) is 2.05. The molecule has 1 nitrogen and oxygen atoms in total. The van der Waals surface area contributed by atoms with Gasteiger partial charge in [0.15, 0.2) is 0 Å². The topological polar surface area (TPSA) is 26.0 Å². The van der Waals surface area contributed by atoms with Crippen molar-refractivity contribution < 1.29 is 0 Å². The molecular formula is C11H18ClN. The lowest BCUT2D eigenvalue weighted by Gasteiger charge is -2.22. The van der Waals surface area contributed by atoms with E-state index in [0.717, 1.165) is 0 Å². The van der Waals surface area contributed by atoms with Gasteiger partial charge < -0.3 is 5.73 Å². The van der Waals surface area contributed by atoms with Crippen LogP contribution >= 0.6 is 12.4 Å². The summed E-state index contributed by atoms with van der Waals surface area (Å²) < 4.78 is 0. The molecule has 74 valence electrons. The molecule has 1 aromatic carbocycles. The number of nitrogens with two attached hydrogens (primary N) is 1. The highest BCUT2D eigenvalue weighted by atomic mass is 35.5. The maximum atomic E-state index is 5.68. The molecule has 0 radical (unpaired) electrons. The molecule has 0 amide bonds. The Kier molecular flexibility index (Phi) is 4.45. The van der Waals surface area contributed by atoms with E-state index in [1.165, 1.54) is 11.1 Å². The maximum Gasteiger partial charge on any atom is 0.00190 e. The molecule has 0 unspecified atom stereocenters. The summed E-state index contributed by atoms with van der Waals surface area (Å²) in [7, 11) is 0. The summed E-state index contributed by atoms with van der Waals surface area (Å²) in [6.45, 7) is 7.12. The zero-order chi connectivity index (χ0) is 9.19. The lowest BCUT2D eigenvalue weighted by molar-refractivity contribution is 0.539. The molecule has 0 saturated heterocycles. The molecule has 0 aromatic heterocycles. The van der Waals surface area contributed by atoms with Gasteiger partial charge in [-0.2, -0.15) is 0 Å². The van der Waals surface area contributed by atoms with Crippen molar-refractivity contribution in [3.63, 3.8) is 0 Å². The van der Waals surface area contributed by atoms with Crippen molar-refractivity contribution in [2.75, 3.05) is 6.54 Å². The van der Waals surface area contributed by atoms with E-state index in [1.807, 2.05) is 0 Å². The quantitative estimate of drug-likeness (QED) is 0.779. The van der Waals surface area contributed by atoms with E-state index < -0.39 is 0 Å². The number of hydrogen-bond donors (Lipinski definition) is 1. The van der Waals surface area contributed by atoms with Crippen molar-refractivity contribution >= 4 is 12.4 Å². The Balaban J connectivity index is 0.00000144. The second-order valence-corrected chi connectivity index (χ2v) is 3.95. The Bertz CT molecular complexity index is 251. The Morgan fingerprint density at radius 3 is 2.00 bits per heavy atom. The number of halogens is 1. The third kappa shape index (κ3) is 3.02. The fourth-order valence-corrected chi connectivity index (χ4v) is 1.12. The summed E-state index contributed by atoms with van der Waals surface area (Å²) in [5.41, 5.74) is 8.39. The van der Waals surface area contributed by atoms with E-state index in [4.69, 9.17) is 5.73 Å².